The Balaban J connectivity index is 2.09. The maximum Gasteiger partial charge on any atom is 0.0717 e. The summed E-state index contributed by atoms with van der Waals surface area (Å²) < 4.78 is 6.59. The lowest BCUT2D eigenvalue weighted by Crippen LogP contribution is -2.19. The summed E-state index contributed by atoms with van der Waals surface area (Å²) in [5.41, 5.74) is 1.20. The van der Waals surface area contributed by atoms with Gasteiger partial charge in [0.05, 0.1) is 13.2 Å². The van der Waals surface area contributed by atoms with E-state index in [0.29, 0.717) is 6.61 Å². The number of hydrogen-bond acceptors (Lipinski definition) is 2. The molecular weight excluding hydrogens is 254 g/mol. The second-order valence-electron chi connectivity index (χ2n) is 3.17. The summed E-state index contributed by atoms with van der Waals surface area (Å²) in [7, 11) is 0. The van der Waals surface area contributed by atoms with Crippen molar-refractivity contribution in [2.45, 2.75) is 6.61 Å². The Morgan fingerprint density at radius 1 is 1.33 bits per heavy atom. The van der Waals surface area contributed by atoms with Gasteiger partial charge in [0.1, 0.15) is 0 Å². The van der Waals surface area contributed by atoms with Crippen molar-refractivity contribution in [2.24, 2.45) is 0 Å². The van der Waals surface area contributed by atoms with Crippen LogP contribution in [0.4, 0.5) is 0 Å². The van der Waals surface area contributed by atoms with Crippen LogP contribution >= 0.6 is 15.9 Å². The fraction of sp³-hybridized carbons (Fsp3) is 0.333. The predicted molar refractivity (Wildman–Crippen MR) is 66.9 cm³/mol. The Hall–Kier alpha value is -0.640. The van der Waals surface area contributed by atoms with Crippen molar-refractivity contribution in [1.82, 2.24) is 5.32 Å². The summed E-state index contributed by atoms with van der Waals surface area (Å²) >= 11 is 3.40. The number of hydrogen-bond donors (Lipinski definition) is 1. The summed E-state index contributed by atoms with van der Waals surface area (Å²) in [5.74, 6) is 0. The van der Waals surface area contributed by atoms with Crippen LogP contribution in [0.1, 0.15) is 5.56 Å². The number of ether oxygens (including phenoxy) is 1. The molecule has 0 unspecified atom stereocenters. The van der Waals surface area contributed by atoms with E-state index in [1.165, 1.54) is 5.56 Å². The second-order valence-corrected chi connectivity index (χ2v) is 4.09. The highest BCUT2D eigenvalue weighted by molar-refractivity contribution is 9.10. The van der Waals surface area contributed by atoms with Crippen LogP contribution in [0, 0.1) is 0 Å². The van der Waals surface area contributed by atoms with Gasteiger partial charge in [0.2, 0.25) is 0 Å². The van der Waals surface area contributed by atoms with E-state index in [1.807, 2.05) is 18.2 Å². The first-order chi connectivity index (χ1) is 7.33. The number of benzene rings is 1. The molecule has 0 saturated heterocycles. The minimum absolute atomic E-state index is 0.670. The average Bonchev–Trinajstić information content (AvgIpc) is 2.26. The van der Waals surface area contributed by atoms with Crippen molar-refractivity contribution in [1.29, 1.82) is 0 Å². The van der Waals surface area contributed by atoms with Gasteiger partial charge in [-0.3, -0.25) is 0 Å². The van der Waals surface area contributed by atoms with Crippen molar-refractivity contribution in [3.8, 4) is 0 Å². The Bertz CT molecular complexity index is 284. The first-order valence-corrected chi connectivity index (χ1v) is 5.76. The summed E-state index contributed by atoms with van der Waals surface area (Å²) in [4.78, 5) is 0. The van der Waals surface area contributed by atoms with E-state index in [1.54, 1.807) is 0 Å². The molecule has 3 heteroatoms. The zero-order valence-electron chi connectivity index (χ0n) is 8.71. The third kappa shape index (κ3) is 5.72. The van der Waals surface area contributed by atoms with Gasteiger partial charge in [-0.2, -0.15) is 0 Å². The summed E-state index contributed by atoms with van der Waals surface area (Å²) in [6.07, 6.45) is 1.84. The largest absolute Gasteiger partial charge is 0.375 e. The third-order valence-electron chi connectivity index (χ3n) is 1.89. The van der Waals surface area contributed by atoms with E-state index < -0.39 is 0 Å². The Kier molecular flexibility index (Phi) is 6.32. The highest BCUT2D eigenvalue weighted by Gasteiger charge is 1.92. The van der Waals surface area contributed by atoms with Gasteiger partial charge in [-0.05, 0) is 17.7 Å². The topological polar surface area (TPSA) is 21.3 Å². The van der Waals surface area contributed by atoms with E-state index >= 15 is 0 Å². The van der Waals surface area contributed by atoms with Gasteiger partial charge in [0.15, 0.2) is 0 Å². The molecule has 15 heavy (non-hydrogen) atoms. The highest BCUT2D eigenvalue weighted by Crippen LogP contribution is 2.10. The van der Waals surface area contributed by atoms with Crippen molar-refractivity contribution in [3.05, 3.63) is 47.0 Å². The van der Waals surface area contributed by atoms with E-state index in [-0.39, 0.29) is 0 Å². The SMILES string of the molecule is C=CCNCCOCc1ccc(Br)cc1. The zero-order valence-corrected chi connectivity index (χ0v) is 10.3. The van der Waals surface area contributed by atoms with E-state index in [9.17, 15) is 0 Å². The molecule has 1 aromatic carbocycles. The van der Waals surface area contributed by atoms with Crippen molar-refractivity contribution < 1.29 is 4.74 Å². The first kappa shape index (κ1) is 12.4. The first-order valence-electron chi connectivity index (χ1n) is 4.96. The maximum absolute atomic E-state index is 5.49. The highest BCUT2D eigenvalue weighted by atomic mass is 79.9. The molecule has 0 aliphatic heterocycles. The van der Waals surface area contributed by atoms with E-state index in [4.69, 9.17) is 4.74 Å². The minimum atomic E-state index is 0.670. The van der Waals surface area contributed by atoms with Crippen LogP contribution < -0.4 is 5.32 Å². The third-order valence-corrected chi connectivity index (χ3v) is 2.42. The van der Waals surface area contributed by atoms with Crippen LogP contribution in [0.2, 0.25) is 0 Å². The average molecular weight is 270 g/mol. The Morgan fingerprint density at radius 3 is 2.73 bits per heavy atom. The number of nitrogens with one attached hydrogen (secondary N) is 1. The lowest BCUT2D eigenvalue weighted by atomic mass is 10.2. The Labute approximate surface area is 99.5 Å². The summed E-state index contributed by atoms with van der Waals surface area (Å²) in [6.45, 7) is 6.72. The molecule has 82 valence electrons. The maximum atomic E-state index is 5.49. The normalized spacial score (nSPS) is 10.2. The summed E-state index contributed by atoms with van der Waals surface area (Å²) in [5, 5.41) is 3.18. The van der Waals surface area contributed by atoms with Gasteiger partial charge >= 0.3 is 0 Å². The number of halogens is 1. The molecule has 0 aliphatic rings. The fourth-order valence-electron chi connectivity index (χ4n) is 1.12. The lowest BCUT2D eigenvalue weighted by Gasteiger charge is -2.04. The quantitative estimate of drug-likeness (QED) is 0.607. The molecular formula is C12H16BrNO. The van der Waals surface area contributed by atoms with Gasteiger partial charge in [-0.15, -0.1) is 6.58 Å². The van der Waals surface area contributed by atoms with E-state index in [2.05, 4.69) is 40.0 Å². The van der Waals surface area contributed by atoms with Gasteiger partial charge in [-0.25, -0.2) is 0 Å². The predicted octanol–water partition coefficient (Wildman–Crippen LogP) is 2.74. The monoisotopic (exact) mass is 269 g/mol. The standard InChI is InChI=1S/C12H16BrNO/c1-2-7-14-8-9-15-10-11-3-5-12(13)6-4-11/h2-6,14H,1,7-10H2. The van der Waals surface area contributed by atoms with Crippen molar-refractivity contribution in [2.75, 3.05) is 19.7 Å². The van der Waals surface area contributed by atoms with Gasteiger partial charge in [-0.1, -0.05) is 34.1 Å². The molecule has 0 saturated carbocycles. The minimum Gasteiger partial charge on any atom is -0.375 e. The Morgan fingerprint density at radius 2 is 2.07 bits per heavy atom. The smallest absolute Gasteiger partial charge is 0.0717 e. The molecule has 1 rings (SSSR count). The van der Waals surface area contributed by atoms with E-state index in [0.717, 1.165) is 24.2 Å². The molecule has 0 bridgehead atoms. The molecule has 1 N–H and O–H groups in total. The second kappa shape index (κ2) is 7.63. The van der Waals surface area contributed by atoms with Crippen LogP contribution in [0.25, 0.3) is 0 Å². The lowest BCUT2D eigenvalue weighted by molar-refractivity contribution is 0.123. The van der Waals surface area contributed by atoms with Crippen molar-refractivity contribution >= 4 is 15.9 Å². The summed E-state index contributed by atoms with van der Waals surface area (Å²) in [6, 6.07) is 8.16. The van der Waals surface area contributed by atoms with Crippen molar-refractivity contribution in [3.63, 3.8) is 0 Å². The molecule has 0 spiro atoms. The van der Waals surface area contributed by atoms with Gasteiger partial charge < -0.3 is 10.1 Å². The fourth-order valence-corrected chi connectivity index (χ4v) is 1.38. The molecule has 0 heterocycles. The number of rotatable bonds is 7. The zero-order chi connectivity index (χ0) is 10.9. The molecule has 0 amide bonds. The van der Waals surface area contributed by atoms with Gasteiger partial charge in [0.25, 0.3) is 0 Å². The van der Waals surface area contributed by atoms with Crippen LogP contribution in [0.5, 0.6) is 0 Å². The van der Waals surface area contributed by atoms with Crippen LogP contribution in [0.3, 0.4) is 0 Å². The molecule has 1 aromatic rings. The van der Waals surface area contributed by atoms with Crippen LogP contribution in [-0.2, 0) is 11.3 Å². The van der Waals surface area contributed by atoms with Crippen LogP contribution in [0.15, 0.2) is 41.4 Å². The molecule has 0 aliphatic carbocycles. The van der Waals surface area contributed by atoms with Crippen LogP contribution in [-0.4, -0.2) is 19.7 Å². The molecule has 0 fully saturated rings. The molecule has 2 nitrogen and oxygen atoms in total. The molecule has 0 radical (unpaired) electrons. The molecule has 0 atom stereocenters. The molecule has 0 aromatic heterocycles. The van der Waals surface area contributed by atoms with Gasteiger partial charge in [0, 0.05) is 17.6 Å².